The molecule has 5 nitrogen and oxygen atoms in total. The average Bonchev–Trinajstić information content (AvgIpc) is 3.21. The second kappa shape index (κ2) is 7.15. The lowest BCUT2D eigenvalue weighted by molar-refractivity contribution is -0.121. The number of carbonyl (C=O) groups excluding carboxylic acids is 1. The number of furan rings is 2. The summed E-state index contributed by atoms with van der Waals surface area (Å²) in [6.07, 6.45) is 3.08. The zero-order chi connectivity index (χ0) is 18.0. The lowest BCUT2D eigenvalue weighted by Gasteiger charge is -2.16. The van der Waals surface area contributed by atoms with Gasteiger partial charge in [-0.3, -0.25) is 4.79 Å². The maximum Gasteiger partial charge on any atom is 0.224 e. The van der Waals surface area contributed by atoms with Crippen LogP contribution in [0.1, 0.15) is 41.9 Å². The average molecular weight is 341 g/mol. The van der Waals surface area contributed by atoms with Crippen molar-refractivity contribution in [2.24, 2.45) is 0 Å². The number of nitrogens with one attached hydrogen (secondary N) is 1. The van der Waals surface area contributed by atoms with Gasteiger partial charge in [0.05, 0.1) is 18.9 Å². The van der Waals surface area contributed by atoms with Gasteiger partial charge in [0.25, 0.3) is 0 Å². The van der Waals surface area contributed by atoms with Gasteiger partial charge in [0.2, 0.25) is 5.91 Å². The number of aliphatic hydroxyl groups is 1. The first-order chi connectivity index (χ1) is 12.0. The summed E-state index contributed by atoms with van der Waals surface area (Å²) in [5.74, 6) is 0.410. The topological polar surface area (TPSA) is 75.6 Å². The van der Waals surface area contributed by atoms with Crippen molar-refractivity contribution in [2.45, 2.75) is 45.8 Å². The Balaban J connectivity index is 1.62. The van der Waals surface area contributed by atoms with Gasteiger partial charge >= 0.3 is 0 Å². The molecule has 2 unspecified atom stereocenters. The molecule has 3 rings (SSSR count). The van der Waals surface area contributed by atoms with Crippen molar-refractivity contribution in [3.05, 3.63) is 59.2 Å². The molecule has 2 N–H and O–H groups in total. The van der Waals surface area contributed by atoms with E-state index in [9.17, 15) is 9.90 Å². The van der Waals surface area contributed by atoms with Gasteiger partial charge in [-0.2, -0.15) is 0 Å². The van der Waals surface area contributed by atoms with Crippen LogP contribution in [0, 0.1) is 13.8 Å². The first kappa shape index (κ1) is 17.3. The fraction of sp³-hybridized carbons (Fsp3) is 0.350. The molecule has 2 aromatic heterocycles. The SMILES string of the molecule is Cc1ccc2c(CC(=O)NC(C)CC(O)c3ccco3)coc2c1C. The van der Waals surface area contributed by atoms with E-state index in [1.807, 2.05) is 32.9 Å². The monoisotopic (exact) mass is 341 g/mol. The maximum absolute atomic E-state index is 12.3. The molecule has 0 aliphatic rings. The smallest absolute Gasteiger partial charge is 0.224 e. The largest absolute Gasteiger partial charge is 0.467 e. The molecular formula is C20H23NO4. The standard InChI is InChI=1S/C20H23NO4/c1-12-6-7-16-15(11-25-20(16)14(12)3)10-19(23)21-13(2)9-17(22)18-5-4-8-24-18/h4-8,11,13,17,22H,9-10H2,1-3H3,(H,21,23). The number of aliphatic hydroxyl groups excluding tert-OH is 1. The summed E-state index contributed by atoms with van der Waals surface area (Å²) < 4.78 is 10.8. The number of benzene rings is 1. The van der Waals surface area contributed by atoms with Crippen LogP contribution in [0.15, 0.2) is 45.6 Å². The number of carbonyl (C=O) groups is 1. The lowest BCUT2D eigenvalue weighted by Crippen LogP contribution is -2.34. The molecule has 0 bridgehead atoms. The molecule has 0 spiro atoms. The summed E-state index contributed by atoms with van der Waals surface area (Å²) in [6.45, 7) is 5.92. The fourth-order valence-electron chi connectivity index (χ4n) is 3.01. The highest BCUT2D eigenvalue weighted by atomic mass is 16.4. The molecule has 132 valence electrons. The number of amides is 1. The predicted molar refractivity (Wildman–Crippen MR) is 95.3 cm³/mol. The summed E-state index contributed by atoms with van der Waals surface area (Å²) in [5, 5.41) is 14.0. The van der Waals surface area contributed by atoms with E-state index in [2.05, 4.69) is 5.32 Å². The maximum atomic E-state index is 12.3. The van der Waals surface area contributed by atoms with Crippen molar-refractivity contribution in [2.75, 3.05) is 0 Å². The molecule has 0 saturated carbocycles. The van der Waals surface area contributed by atoms with Gasteiger partial charge in [-0.05, 0) is 44.0 Å². The van der Waals surface area contributed by atoms with Gasteiger partial charge in [-0.1, -0.05) is 12.1 Å². The normalized spacial score (nSPS) is 13.8. The Morgan fingerprint density at radius 3 is 2.76 bits per heavy atom. The van der Waals surface area contributed by atoms with Gasteiger partial charge in [-0.15, -0.1) is 0 Å². The first-order valence-electron chi connectivity index (χ1n) is 8.42. The number of hydrogen-bond donors (Lipinski definition) is 2. The molecule has 1 aromatic carbocycles. The van der Waals surface area contributed by atoms with Crippen LogP contribution < -0.4 is 5.32 Å². The highest BCUT2D eigenvalue weighted by Crippen LogP contribution is 2.27. The third kappa shape index (κ3) is 3.77. The van der Waals surface area contributed by atoms with E-state index in [1.165, 1.54) is 11.8 Å². The minimum absolute atomic E-state index is 0.0972. The second-order valence-corrected chi connectivity index (χ2v) is 6.56. The van der Waals surface area contributed by atoms with Crippen LogP contribution in [-0.4, -0.2) is 17.1 Å². The number of rotatable bonds is 6. The van der Waals surface area contributed by atoms with Crippen LogP contribution in [-0.2, 0) is 11.2 Å². The highest BCUT2D eigenvalue weighted by molar-refractivity contribution is 5.89. The van der Waals surface area contributed by atoms with E-state index in [1.54, 1.807) is 18.4 Å². The van der Waals surface area contributed by atoms with Crippen molar-refractivity contribution in [1.82, 2.24) is 5.32 Å². The number of aryl methyl sites for hydroxylation is 2. The second-order valence-electron chi connectivity index (χ2n) is 6.56. The number of fused-ring (bicyclic) bond motifs is 1. The van der Waals surface area contributed by atoms with E-state index in [0.29, 0.717) is 12.2 Å². The molecule has 0 aliphatic carbocycles. The minimum Gasteiger partial charge on any atom is -0.467 e. The van der Waals surface area contributed by atoms with E-state index < -0.39 is 6.10 Å². The van der Waals surface area contributed by atoms with Crippen LogP contribution in [0.4, 0.5) is 0 Å². The van der Waals surface area contributed by atoms with Crippen molar-refractivity contribution < 1.29 is 18.7 Å². The summed E-state index contributed by atoms with van der Waals surface area (Å²) in [5.41, 5.74) is 3.97. The van der Waals surface area contributed by atoms with Crippen molar-refractivity contribution >= 4 is 16.9 Å². The zero-order valence-corrected chi connectivity index (χ0v) is 14.7. The van der Waals surface area contributed by atoms with Crippen molar-refractivity contribution in [3.63, 3.8) is 0 Å². The lowest BCUT2D eigenvalue weighted by atomic mass is 10.0. The molecule has 25 heavy (non-hydrogen) atoms. The third-order valence-electron chi connectivity index (χ3n) is 4.55. The Hall–Kier alpha value is -2.53. The van der Waals surface area contributed by atoms with Gasteiger partial charge in [0, 0.05) is 23.4 Å². The molecule has 0 radical (unpaired) electrons. The van der Waals surface area contributed by atoms with Crippen molar-refractivity contribution in [3.8, 4) is 0 Å². The first-order valence-corrected chi connectivity index (χ1v) is 8.42. The summed E-state index contributed by atoms with van der Waals surface area (Å²) in [6, 6.07) is 7.32. The van der Waals surface area contributed by atoms with E-state index in [-0.39, 0.29) is 18.4 Å². The molecule has 0 saturated heterocycles. The Morgan fingerprint density at radius 1 is 1.24 bits per heavy atom. The van der Waals surface area contributed by atoms with Crippen LogP contribution in [0.2, 0.25) is 0 Å². The molecule has 0 fully saturated rings. The van der Waals surface area contributed by atoms with Gasteiger partial charge < -0.3 is 19.3 Å². The van der Waals surface area contributed by atoms with E-state index in [0.717, 1.165) is 22.1 Å². The van der Waals surface area contributed by atoms with Gasteiger partial charge in [-0.25, -0.2) is 0 Å². The van der Waals surface area contributed by atoms with E-state index >= 15 is 0 Å². The zero-order valence-electron chi connectivity index (χ0n) is 14.7. The Bertz CT molecular complexity index is 863. The minimum atomic E-state index is -0.731. The summed E-state index contributed by atoms with van der Waals surface area (Å²) in [7, 11) is 0. The molecular weight excluding hydrogens is 318 g/mol. The molecule has 5 heteroatoms. The quantitative estimate of drug-likeness (QED) is 0.715. The van der Waals surface area contributed by atoms with Crippen LogP contribution in [0.3, 0.4) is 0 Å². The van der Waals surface area contributed by atoms with E-state index in [4.69, 9.17) is 8.83 Å². The molecule has 0 aliphatic heterocycles. The van der Waals surface area contributed by atoms with Gasteiger partial charge in [0.15, 0.2) is 0 Å². The van der Waals surface area contributed by atoms with Gasteiger partial charge in [0.1, 0.15) is 17.4 Å². The Morgan fingerprint density at radius 2 is 2.04 bits per heavy atom. The Kier molecular flexibility index (Phi) is 4.95. The Labute approximate surface area is 146 Å². The molecule has 2 heterocycles. The molecule has 2 atom stereocenters. The fourth-order valence-corrected chi connectivity index (χ4v) is 3.01. The highest BCUT2D eigenvalue weighted by Gasteiger charge is 2.18. The van der Waals surface area contributed by atoms with Crippen molar-refractivity contribution in [1.29, 1.82) is 0 Å². The predicted octanol–water partition coefficient (Wildman–Crippen LogP) is 3.81. The molecule has 3 aromatic rings. The third-order valence-corrected chi connectivity index (χ3v) is 4.55. The summed E-state index contributed by atoms with van der Waals surface area (Å²) in [4.78, 5) is 12.3. The summed E-state index contributed by atoms with van der Waals surface area (Å²) >= 11 is 0. The molecule has 1 amide bonds. The van der Waals surface area contributed by atoms with Crippen LogP contribution >= 0.6 is 0 Å². The van der Waals surface area contributed by atoms with Crippen LogP contribution in [0.5, 0.6) is 0 Å². The van der Waals surface area contributed by atoms with Crippen LogP contribution in [0.25, 0.3) is 11.0 Å². The number of hydrogen-bond acceptors (Lipinski definition) is 4.